The molecule has 0 N–H and O–H groups in total. The van der Waals surface area contributed by atoms with Crippen LogP contribution in [0.1, 0.15) is 0 Å². The number of benzene rings is 12. The van der Waals surface area contributed by atoms with Gasteiger partial charge in [0.15, 0.2) is 0 Å². The average molecular weight is 1150 g/mol. The topological polar surface area (TPSA) is 51.6 Å². The second-order valence-electron chi connectivity index (χ2n) is 20.6. The van der Waals surface area contributed by atoms with Gasteiger partial charge in [-0.3, -0.25) is 9.97 Å². The summed E-state index contributed by atoms with van der Waals surface area (Å²) >= 11 is 6.58. The maximum atomic E-state index is 4.52. The molecule has 0 spiro atoms. The Kier molecular flexibility index (Phi) is 13.7. The van der Waals surface area contributed by atoms with Crippen LogP contribution in [-0.4, -0.2) is 19.9 Å². The lowest BCUT2D eigenvalue weighted by Crippen LogP contribution is -1.92. The summed E-state index contributed by atoms with van der Waals surface area (Å²) in [5.74, 6) is 0. The third-order valence-electron chi connectivity index (χ3n) is 15.8. The number of aromatic nitrogens is 4. The molecule has 4 nitrogen and oxygen atoms in total. The van der Waals surface area contributed by atoms with Crippen LogP contribution in [0.3, 0.4) is 0 Å². The molecule has 396 valence electrons. The fraction of sp³-hybridized carbons (Fsp3) is 0. The van der Waals surface area contributed by atoms with Gasteiger partial charge in [-0.25, -0.2) is 9.97 Å². The van der Waals surface area contributed by atoms with E-state index in [2.05, 4.69) is 273 Å². The van der Waals surface area contributed by atoms with Crippen LogP contribution in [0.2, 0.25) is 0 Å². The Morgan fingerprint density at radius 1 is 0.226 bits per heavy atom. The summed E-state index contributed by atoms with van der Waals surface area (Å²) in [6, 6.07) is 88.5. The van der Waals surface area contributed by atoms with E-state index >= 15 is 0 Å². The van der Waals surface area contributed by atoms with Gasteiger partial charge in [0.05, 0.1) is 43.2 Å². The monoisotopic (exact) mass is 1140 g/mol. The predicted octanol–water partition coefficient (Wildman–Crippen LogP) is 22.5. The Morgan fingerprint density at radius 3 is 0.845 bits per heavy atom. The summed E-state index contributed by atoms with van der Waals surface area (Å²) < 4.78 is 0. The number of thiazole rings is 4. The third-order valence-corrected chi connectivity index (χ3v) is 18.7. The highest BCUT2D eigenvalue weighted by atomic mass is 32.1. The highest BCUT2D eigenvalue weighted by Crippen LogP contribution is 2.48. The van der Waals surface area contributed by atoms with E-state index in [1.165, 1.54) is 131 Å². The van der Waals surface area contributed by atoms with Crippen molar-refractivity contribution in [2.45, 2.75) is 0 Å². The van der Waals surface area contributed by atoms with Crippen LogP contribution in [0.25, 0.3) is 153 Å². The Bertz CT molecular complexity index is 4610. The van der Waals surface area contributed by atoms with E-state index < -0.39 is 0 Å². The summed E-state index contributed by atoms with van der Waals surface area (Å²) in [7, 11) is 0. The Balaban J connectivity index is 0.000000143. The van der Waals surface area contributed by atoms with Crippen molar-refractivity contribution in [2.24, 2.45) is 0 Å². The Morgan fingerprint density at radius 2 is 0.524 bits per heavy atom. The molecule has 0 bridgehead atoms. The minimum absolute atomic E-state index is 1.02. The standard InChI is InChI=1S/2C38H24N2S2/c1-2-6-25(7-3-1)30-18-19-33-34(20-30)38(29-16-12-27(13-17-29)36-22-42-24-40-36)32-9-5-4-8-31(32)37(33)28-14-10-26(11-15-28)35-21-41-23-39-35;1-2-6-25(7-3-1)30-18-19-33-34(20-30)38(29-16-12-27(13-17-29)36-22-40-24-42-36)32-9-5-4-8-31(32)37(33)28-14-10-26(11-15-28)35-21-39-23-41-35/h2*1-24H. The van der Waals surface area contributed by atoms with Gasteiger partial charge in [0.1, 0.15) is 0 Å². The zero-order valence-corrected chi connectivity index (χ0v) is 48.4. The molecule has 4 aromatic heterocycles. The molecule has 0 aliphatic carbocycles. The minimum Gasteiger partial charge on any atom is -0.252 e. The van der Waals surface area contributed by atoms with Crippen LogP contribution >= 0.6 is 45.3 Å². The van der Waals surface area contributed by atoms with Gasteiger partial charge >= 0.3 is 0 Å². The van der Waals surface area contributed by atoms with Gasteiger partial charge in [-0.2, -0.15) is 0 Å². The van der Waals surface area contributed by atoms with E-state index in [9.17, 15) is 0 Å². The lowest BCUT2D eigenvalue weighted by molar-refractivity contribution is 1.41. The minimum atomic E-state index is 1.02. The maximum absolute atomic E-state index is 4.52. The van der Waals surface area contributed by atoms with Crippen molar-refractivity contribution < 1.29 is 0 Å². The zero-order valence-electron chi connectivity index (χ0n) is 45.1. The molecule has 0 radical (unpaired) electrons. The van der Waals surface area contributed by atoms with Crippen molar-refractivity contribution in [3.05, 3.63) is 288 Å². The van der Waals surface area contributed by atoms with Crippen LogP contribution < -0.4 is 0 Å². The smallest absolute Gasteiger partial charge is 0.0811 e. The van der Waals surface area contributed by atoms with Crippen LogP contribution in [-0.2, 0) is 0 Å². The van der Waals surface area contributed by atoms with Crippen LogP contribution in [0.15, 0.2) is 288 Å². The third kappa shape index (κ3) is 9.71. The number of rotatable bonds is 10. The van der Waals surface area contributed by atoms with E-state index in [4.69, 9.17) is 0 Å². The van der Waals surface area contributed by atoms with E-state index in [-0.39, 0.29) is 0 Å². The largest absolute Gasteiger partial charge is 0.252 e. The first-order valence-electron chi connectivity index (χ1n) is 27.7. The first-order chi connectivity index (χ1) is 41.7. The van der Waals surface area contributed by atoms with Gasteiger partial charge in [0, 0.05) is 34.3 Å². The fourth-order valence-electron chi connectivity index (χ4n) is 11.9. The molecule has 0 aliphatic rings. The first-order valence-corrected chi connectivity index (χ1v) is 31.4. The van der Waals surface area contributed by atoms with Gasteiger partial charge < -0.3 is 0 Å². The van der Waals surface area contributed by atoms with Crippen LogP contribution in [0, 0.1) is 0 Å². The lowest BCUT2D eigenvalue weighted by Gasteiger charge is -2.19. The second kappa shape index (κ2) is 22.5. The second-order valence-corrected chi connectivity index (χ2v) is 23.8. The summed E-state index contributed by atoms with van der Waals surface area (Å²) in [4.78, 5) is 19.9. The van der Waals surface area contributed by atoms with Crippen molar-refractivity contribution in [3.63, 3.8) is 0 Å². The lowest BCUT2D eigenvalue weighted by atomic mass is 9.84. The molecular weight excluding hydrogens is 1100 g/mol. The van der Waals surface area contributed by atoms with Crippen molar-refractivity contribution in [1.29, 1.82) is 0 Å². The Hall–Kier alpha value is -9.80. The SMILES string of the molecule is c1ccc(-c2ccc3c(-c4ccc(-c5cncs5)cc4)c4ccccc4c(-c4ccc(-c5cncs5)cc4)c3c2)cc1.c1ccc(-c2ccc3c(-c4ccc(-c5cscn5)cc4)c4ccccc4c(-c4ccc(-c5cscn5)cc4)c3c2)cc1. The normalized spacial score (nSPS) is 11.3. The molecule has 84 heavy (non-hydrogen) atoms. The molecule has 0 fully saturated rings. The van der Waals surface area contributed by atoms with E-state index in [1.807, 2.05) is 34.4 Å². The van der Waals surface area contributed by atoms with E-state index in [0.717, 1.165) is 22.5 Å². The fourth-order valence-corrected chi connectivity index (χ4v) is 14.2. The van der Waals surface area contributed by atoms with Gasteiger partial charge in [0.25, 0.3) is 0 Å². The average Bonchev–Trinajstić information content (AvgIpc) is 1.71. The van der Waals surface area contributed by atoms with Crippen LogP contribution in [0.4, 0.5) is 0 Å². The quantitative estimate of drug-likeness (QED) is 0.128. The van der Waals surface area contributed by atoms with Gasteiger partial charge in [0.2, 0.25) is 0 Å². The summed E-state index contributed by atoms with van der Waals surface area (Å²) in [6.45, 7) is 0. The molecule has 0 amide bonds. The molecule has 0 atom stereocenters. The highest BCUT2D eigenvalue weighted by molar-refractivity contribution is 7.13. The molecule has 0 unspecified atom stereocenters. The predicted molar refractivity (Wildman–Crippen MR) is 360 cm³/mol. The summed E-state index contributed by atoms with van der Waals surface area (Å²) in [5, 5.41) is 14.2. The maximum Gasteiger partial charge on any atom is 0.0811 e. The Labute approximate surface area is 502 Å². The highest BCUT2D eigenvalue weighted by Gasteiger charge is 2.21. The molecule has 4 heterocycles. The summed E-state index contributed by atoms with van der Waals surface area (Å²) in [6.07, 6.45) is 3.87. The number of hydrogen-bond donors (Lipinski definition) is 0. The first kappa shape index (κ1) is 51.1. The van der Waals surface area contributed by atoms with Gasteiger partial charge in [-0.1, -0.05) is 231 Å². The molecule has 0 saturated heterocycles. The number of nitrogens with zero attached hydrogens (tertiary/aromatic N) is 4. The molecule has 0 aliphatic heterocycles. The molecule has 16 rings (SSSR count). The van der Waals surface area contributed by atoms with Gasteiger partial charge in [-0.15, -0.1) is 45.3 Å². The number of fused-ring (bicyclic) bond motifs is 4. The van der Waals surface area contributed by atoms with E-state index in [1.54, 1.807) is 45.3 Å². The van der Waals surface area contributed by atoms with Gasteiger partial charge in [-0.05, 0) is 133 Å². The molecule has 16 aromatic rings. The molecule has 12 aromatic carbocycles. The van der Waals surface area contributed by atoms with E-state index in [0.29, 0.717) is 0 Å². The van der Waals surface area contributed by atoms with Crippen molar-refractivity contribution in [2.75, 3.05) is 0 Å². The van der Waals surface area contributed by atoms with Crippen molar-refractivity contribution >= 4 is 88.4 Å². The number of hydrogen-bond acceptors (Lipinski definition) is 8. The molecule has 8 heteroatoms. The molecular formula is C76H48N4S4. The zero-order chi connectivity index (χ0) is 55.8. The van der Waals surface area contributed by atoms with Crippen LogP contribution in [0.5, 0.6) is 0 Å². The van der Waals surface area contributed by atoms with Crippen molar-refractivity contribution in [3.8, 4) is 110 Å². The summed E-state index contributed by atoms with van der Waals surface area (Å²) in [5.41, 5.74) is 29.0. The van der Waals surface area contributed by atoms with Crippen molar-refractivity contribution in [1.82, 2.24) is 19.9 Å². The molecule has 0 saturated carbocycles.